The lowest BCUT2D eigenvalue weighted by Crippen LogP contribution is -2.52. The fourth-order valence-corrected chi connectivity index (χ4v) is 1.35. The Labute approximate surface area is 131 Å². The third-order valence-electron chi connectivity index (χ3n) is 2.09. The van der Waals surface area contributed by atoms with Gasteiger partial charge in [-0.1, -0.05) is 0 Å². The van der Waals surface area contributed by atoms with Crippen LogP contribution in [0.2, 0.25) is 0 Å². The number of nitrogens with one attached hydrogen (secondary N) is 1. The van der Waals surface area contributed by atoms with E-state index in [1.165, 1.54) is 6.92 Å². The molecule has 0 aliphatic carbocycles. The topological polar surface area (TPSA) is 90.9 Å². The van der Waals surface area contributed by atoms with Gasteiger partial charge in [-0.3, -0.25) is 0 Å². The van der Waals surface area contributed by atoms with Gasteiger partial charge in [0.1, 0.15) is 29.6 Å². The quantitative estimate of drug-likeness (QED) is 0.593. The van der Waals surface area contributed by atoms with E-state index in [1.54, 1.807) is 41.5 Å². The molecule has 0 radical (unpaired) electrons. The molecular weight excluding hydrogens is 290 g/mol. The van der Waals surface area contributed by atoms with Crippen molar-refractivity contribution in [2.24, 2.45) is 0 Å². The molecule has 0 aromatic heterocycles. The van der Waals surface area contributed by atoms with Crippen LogP contribution in [-0.4, -0.2) is 48.3 Å². The van der Waals surface area contributed by atoms with Gasteiger partial charge in [-0.15, -0.1) is 0 Å². The molecule has 0 aromatic rings. The molecule has 7 nitrogen and oxygen atoms in total. The Hall–Kier alpha value is -1.63. The van der Waals surface area contributed by atoms with Crippen molar-refractivity contribution in [1.82, 2.24) is 5.32 Å². The normalized spacial score (nSPS) is 14.7. The second-order valence-electron chi connectivity index (χ2n) is 7.24. The number of esters is 1. The van der Waals surface area contributed by atoms with E-state index >= 15 is 0 Å². The number of aldehydes is 1. The minimum atomic E-state index is -1.29. The summed E-state index contributed by atoms with van der Waals surface area (Å²) in [6, 6.07) is 0. The Morgan fingerprint density at radius 2 is 1.45 bits per heavy atom. The average Bonchev–Trinajstić information content (AvgIpc) is 2.23. The fraction of sp³-hybridized carbons (Fsp3) is 0.800. The van der Waals surface area contributed by atoms with E-state index in [0.717, 1.165) is 0 Å². The summed E-state index contributed by atoms with van der Waals surface area (Å²) < 4.78 is 15.3. The van der Waals surface area contributed by atoms with Crippen molar-refractivity contribution in [1.29, 1.82) is 0 Å². The third-order valence-corrected chi connectivity index (χ3v) is 2.09. The van der Waals surface area contributed by atoms with Crippen LogP contribution in [0.25, 0.3) is 0 Å². The van der Waals surface area contributed by atoms with Crippen LogP contribution in [0.4, 0.5) is 4.79 Å². The van der Waals surface area contributed by atoms with Gasteiger partial charge in [-0.2, -0.15) is 0 Å². The van der Waals surface area contributed by atoms with Crippen LogP contribution >= 0.6 is 0 Å². The number of alkyl carbamates (subject to hydrolysis) is 1. The Balaban J connectivity index is 4.37. The predicted octanol–water partition coefficient (Wildman–Crippen LogP) is 1.83. The maximum Gasteiger partial charge on any atom is 0.408 e. The molecule has 0 saturated heterocycles. The largest absolute Gasteiger partial charge is 0.458 e. The van der Waals surface area contributed by atoms with Crippen molar-refractivity contribution in [2.45, 2.75) is 65.2 Å². The Morgan fingerprint density at radius 1 is 0.955 bits per heavy atom. The maximum atomic E-state index is 11.7. The molecular formula is C15H27NO6. The molecule has 1 unspecified atom stereocenters. The summed E-state index contributed by atoms with van der Waals surface area (Å²) in [4.78, 5) is 34.3. The molecule has 22 heavy (non-hydrogen) atoms. The molecule has 0 heterocycles. The Morgan fingerprint density at radius 3 is 1.86 bits per heavy atom. The van der Waals surface area contributed by atoms with Crippen molar-refractivity contribution in [2.75, 3.05) is 13.2 Å². The molecule has 1 atom stereocenters. The molecule has 0 aromatic carbocycles. The van der Waals surface area contributed by atoms with E-state index in [-0.39, 0.29) is 13.2 Å². The van der Waals surface area contributed by atoms with Crippen LogP contribution in [0.1, 0.15) is 48.5 Å². The smallest absolute Gasteiger partial charge is 0.408 e. The van der Waals surface area contributed by atoms with Gasteiger partial charge in [0.05, 0.1) is 6.61 Å². The van der Waals surface area contributed by atoms with Gasteiger partial charge in [-0.25, -0.2) is 9.59 Å². The van der Waals surface area contributed by atoms with E-state index in [1.807, 2.05) is 0 Å². The summed E-state index contributed by atoms with van der Waals surface area (Å²) in [5.74, 6) is -0.544. The minimum absolute atomic E-state index is 0.172. The number of ether oxygens (including phenoxy) is 3. The first-order valence-corrected chi connectivity index (χ1v) is 7.03. The van der Waals surface area contributed by atoms with Crippen LogP contribution < -0.4 is 5.32 Å². The summed E-state index contributed by atoms with van der Waals surface area (Å²) in [5, 5.41) is 2.42. The van der Waals surface area contributed by atoms with Crippen molar-refractivity contribution >= 4 is 18.3 Å². The molecule has 0 spiro atoms. The molecule has 0 saturated carbocycles. The highest BCUT2D eigenvalue weighted by Gasteiger charge is 2.29. The van der Waals surface area contributed by atoms with Gasteiger partial charge in [0.2, 0.25) is 0 Å². The van der Waals surface area contributed by atoms with Gasteiger partial charge >= 0.3 is 12.1 Å². The molecule has 0 fully saturated rings. The van der Waals surface area contributed by atoms with E-state index in [4.69, 9.17) is 14.2 Å². The van der Waals surface area contributed by atoms with Gasteiger partial charge in [0.25, 0.3) is 0 Å². The van der Waals surface area contributed by atoms with Crippen molar-refractivity contribution < 1.29 is 28.6 Å². The molecule has 1 amide bonds. The van der Waals surface area contributed by atoms with Crippen LogP contribution in [0.5, 0.6) is 0 Å². The lowest BCUT2D eigenvalue weighted by atomic mass is 10.1. The summed E-state index contributed by atoms with van der Waals surface area (Å²) >= 11 is 0. The second-order valence-corrected chi connectivity index (χ2v) is 7.24. The number of carbonyl (C=O) groups excluding carboxylic acids is 3. The summed E-state index contributed by atoms with van der Waals surface area (Å²) in [5.41, 5.74) is -2.57. The summed E-state index contributed by atoms with van der Waals surface area (Å²) in [6.45, 7) is 11.3. The molecule has 0 rings (SSSR count). The molecule has 0 aliphatic rings. The number of hydrogen-bond donors (Lipinski definition) is 1. The number of amides is 1. The van der Waals surface area contributed by atoms with Gasteiger partial charge < -0.3 is 24.3 Å². The van der Waals surface area contributed by atoms with E-state index in [0.29, 0.717) is 6.29 Å². The van der Waals surface area contributed by atoms with E-state index < -0.39 is 28.8 Å². The average molecular weight is 317 g/mol. The van der Waals surface area contributed by atoms with Gasteiger partial charge in [0.15, 0.2) is 0 Å². The van der Waals surface area contributed by atoms with Gasteiger partial charge in [-0.05, 0) is 48.5 Å². The standard InChI is InChI=1S/C15H27NO6/c1-13(2,3)21-11(18)8-20-10-15(7,9-17)16-12(19)22-14(4,5)6/h9H,8,10H2,1-7H3,(H,16,19). The highest BCUT2D eigenvalue weighted by atomic mass is 16.6. The number of carbonyl (C=O) groups is 3. The number of hydrogen-bond acceptors (Lipinski definition) is 6. The van der Waals surface area contributed by atoms with Crippen LogP contribution in [0.15, 0.2) is 0 Å². The summed E-state index contributed by atoms with van der Waals surface area (Å²) in [6.07, 6.45) is -0.200. The lowest BCUT2D eigenvalue weighted by molar-refractivity contribution is -0.161. The van der Waals surface area contributed by atoms with E-state index in [2.05, 4.69) is 5.32 Å². The SMILES string of the molecule is CC(C=O)(COCC(=O)OC(C)(C)C)NC(=O)OC(C)(C)C. The highest BCUT2D eigenvalue weighted by Crippen LogP contribution is 2.10. The zero-order chi connectivity index (χ0) is 17.6. The number of rotatable bonds is 6. The molecule has 7 heteroatoms. The predicted molar refractivity (Wildman–Crippen MR) is 80.5 cm³/mol. The minimum Gasteiger partial charge on any atom is -0.458 e. The Bertz CT molecular complexity index is 407. The van der Waals surface area contributed by atoms with E-state index in [9.17, 15) is 14.4 Å². The van der Waals surface area contributed by atoms with Crippen molar-refractivity contribution in [3.05, 3.63) is 0 Å². The third kappa shape index (κ3) is 10.1. The van der Waals surface area contributed by atoms with Gasteiger partial charge in [0, 0.05) is 0 Å². The second kappa shape index (κ2) is 7.58. The first kappa shape index (κ1) is 20.4. The molecule has 1 N–H and O–H groups in total. The lowest BCUT2D eigenvalue weighted by Gasteiger charge is -2.27. The zero-order valence-corrected chi connectivity index (χ0v) is 14.4. The summed E-state index contributed by atoms with van der Waals surface area (Å²) in [7, 11) is 0. The monoisotopic (exact) mass is 317 g/mol. The fourth-order valence-electron chi connectivity index (χ4n) is 1.35. The van der Waals surface area contributed by atoms with Crippen LogP contribution in [0, 0.1) is 0 Å². The first-order chi connectivity index (χ1) is 9.76. The van der Waals surface area contributed by atoms with Crippen molar-refractivity contribution in [3.8, 4) is 0 Å². The molecule has 0 bridgehead atoms. The molecule has 128 valence electrons. The molecule has 0 aliphatic heterocycles. The Kier molecular flexibility index (Phi) is 7.02. The zero-order valence-electron chi connectivity index (χ0n) is 14.4. The van der Waals surface area contributed by atoms with Crippen LogP contribution in [0.3, 0.4) is 0 Å². The first-order valence-electron chi connectivity index (χ1n) is 7.03. The van der Waals surface area contributed by atoms with Crippen molar-refractivity contribution in [3.63, 3.8) is 0 Å². The maximum absolute atomic E-state index is 11.7. The van der Waals surface area contributed by atoms with Crippen LogP contribution in [-0.2, 0) is 23.8 Å². The highest BCUT2D eigenvalue weighted by molar-refractivity contribution is 5.76.